The fourth-order valence-corrected chi connectivity index (χ4v) is 1.35. The Kier molecular flexibility index (Phi) is 5.55. The number of nitriles is 1. The Labute approximate surface area is 104 Å². The smallest absolute Gasteiger partial charge is 0.0991 e. The van der Waals surface area contributed by atoms with Crippen molar-refractivity contribution in [3.05, 3.63) is 52.5 Å². The zero-order valence-corrected chi connectivity index (χ0v) is 10.5. The molecule has 2 nitrogen and oxygen atoms in total. The van der Waals surface area contributed by atoms with Gasteiger partial charge in [0, 0.05) is 17.6 Å². The molecule has 0 fully saturated rings. The highest BCUT2D eigenvalue weighted by molar-refractivity contribution is 9.11. The van der Waals surface area contributed by atoms with E-state index in [1.54, 1.807) is 0 Å². The van der Waals surface area contributed by atoms with Crippen LogP contribution in [0.3, 0.4) is 0 Å². The highest BCUT2D eigenvalue weighted by Gasteiger charge is 1.89. The number of nitrogens with one attached hydrogen (secondary N) is 1. The molecule has 0 spiro atoms. The fraction of sp³-hybridized carbons (Fsp3) is 0.154. The van der Waals surface area contributed by atoms with Crippen LogP contribution >= 0.6 is 15.9 Å². The Balaban J connectivity index is 2.38. The molecule has 0 atom stereocenters. The van der Waals surface area contributed by atoms with Crippen LogP contribution in [-0.4, -0.2) is 13.1 Å². The largest absolute Gasteiger partial charge is 0.309 e. The van der Waals surface area contributed by atoms with Gasteiger partial charge in [-0.1, -0.05) is 46.8 Å². The maximum absolute atomic E-state index is 8.64. The average molecular weight is 277 g/mol. The Morgan fingerprint density at radius 2 is 2.12 bits per heavy atom. The molecule has 0 saturated heterocycles. The first-order valence-corrected chi connectivity index (χ1v) is 5.72. The van der Waals surface area contributed by atoms with Crippen LogP contribution in [0.4, 0.5) is 0 Å². The third kappa shape index (κ3) is 4.92. The van der Waals surface area contributed by atoms with Gasteiger partial charge in [-0.2, -0.15) is 5.26 Å². The van der Waals surface area contributed by atoms with Gasteiger partial charge >= 0.3 is 0 Å². The minimum absolute atomic E-state index is 0.686. The molecule has 16 heavy (non-hydrogen) atoms. The molecule has 3 heteroatoms. The van der Waals surface area contributed by atoms with Crippen molar-refractivity contribution in [2.45, 2.75) is 0 Å². The van der Waals surface area contributed by atoms with E-state index in [9.17, 15) is 0 Å². The van der Waals surface area contributed by atoms with Crippen LogP contribution in [0.25, 0.3) is 6.08 Å². The third-order valence-electron chi connectivity index (χ3n) is 1.93. The third-order valence-corrected chi connectivity index (χ3v) is 2.21. The first-order chi connectivity index (χ1) is 7.72. The van der Waals surface area contributed by atoms with Gasteiger partial charge in [-0.05, 0) is 17.7 Å². The summed E-state index contributed by atoms with van der Waals surface area (Å²) >= 11 is 3.28. The second-order valence-corrected chi connectivity index (χ2v) is 4.41. The lowest BCUT2D eigenvalue weighted by atomic mass is 10.1. The number of halogens is 1. The number of rotatable bonds is 5. The second-order valence-electron chi connectivity index (χ2n) is 3.28. The molecule has 0 heterocycles. The molecular formula is C13H13BrN2. The Bertz CT molecular complexity index is 413. The molecule has 1 N–H and O–H groups in total. The monoisotopic (exact) mass is 276 g/mol. The van der Waals surface area contributed by atoms with Gasteiger partial charge in [0.15, 0.2) is 0 Å². The summed E-state index contributed by atoms with van der Waals surface area (Å²) in [6.45, 7) is 5.29. The maximum atomic E-state index is 8.64. The van der Waals surface area contributed by atoms with E-state index in [1.165, 1.54) is 0 Å². The highest BCUT2D eigenvalue weighted by Crippen LogP contribution is 2.04. The van der Waals surface area contributed by atoms with E-state index in [4.69, 9.17) is 5.26 Å². The van der Waals surface area contributed by atoms with E-state index in [0.717, 1.165) is 23.1 Å². The summed E-state index contributed by atoms with van der Waals surface area (Å²) in [6, 6.07) is 9.58. The van der Waals surface area contributed by atoms with Gasteiger partial charge < -0.3 is 5.32 Å². The van der Waals surface area contributed by atoms with Crippen LogP contribution < -0.4 is 5.32 Å². The predicted octanol–water partition coefficient (Wildman–Crippen LogP) is 3.07. The molecule has 1 aromatic rings. The first-order valence-electron chi connectivity index (χ1n) is 4.93. The topological polar surface area (TPSA) is 35.8 Å². The molecule has 0 bridgehead atoms. The SMILES string of the molecule is C=C(Br)CNC/C=C/c1ccc(C#N)cc1. The van der Waals surface area contributed by atoms with Crippen LogP contribution in [0.15, 0.2) is 41.4 Å². The fourth-order valence-electron chi connectivity index (χ4n) is 1.15. The standard InChI is InChI=1S/C13H13BrN2/c1-11(14)10-16-8-2-3-12-4-6-13(9-15)7-5-12/h2-7,16H,1,8,10H2/b3-2+. The summed E-state index contributed by atoms with van der Waals surface area (Å²) in [5, 5.41) is 11.8. The van der Waals surface area contributed by atoms with Crippen molar-refractivity contribution in [1.82, 2.24) is 5.32 Å². The van der Waals surface area contributed by atoms with Crippen molar-refractivity contribution in [3.8, 4) is 6.07 Å². The van der Waals surface area contributed by atoms with Crippen molar-refractivity contribution in [2.24, 2.45) is 0 Å². The molecule has 0 aliphatic heterocycles. The van der Waals surface area contributed by atoms with Gasteiger partial charge in [0.05, 0.1) is 11.6 Å². The molecular weight excluding hydrogens is 264 g/mol. The molecule has 0 aromatic heterocycles. The maximum Gasteiger partial charge on any atom is 0.0991 e. The molecule has 0 aliphatic rings. The van der Waals surface area contributed by atoms with E-state index in [-0.39, 0.29) is 0 Å². The molecule has 0 amide bonds. The predicted molar refractivity (Wildman–Crippen MR) is 71.1 cm³/mol. The van der Waals surface area contributed by atoms with Gasteiger partial charge in [0.2, 0.25) is 0 Å². The second kappa shape index (κ2) is 7.00. The summed E-state index contributed by atoms with van der Waals surface area (Å²) < 4.78 is 0.944. The Morgan fingerprint density at radius 3 is 2.69 bits per heavy atom. The molecule has 1 aromatic carbocycles. The van der Waals surface area contributed by atoms with Crippen molar-refractivity contribution >= 4 is 22.0 Å². The summed E-state index contributed by atoms with van der Waals surface area (Å²) in [5.41, 5.74) is 1.78. The normalized spacial score (nSPS) is 10.2. The van der Waals surface area contributed by atoms with Crippen LogP contribution in [0.1, 0.15) is 11.1 Å². The van der Waals surface area contributed by atoms with Gasteiger partial charge in [-0.3, -0.25) is 0 Å². The van der Waals surface area contributed by atoms with Crippen LogP contribution in [-0.2, 0) is 0 Å². The lowest BCUT2D eigenvalue weighted by Gasteiger charge is -1.98. The summed E-state index contributed by atoms with van der Waals surface area (Å²) in [7, 11) is 0. The van der Waals surface area contributed by atoms with Gasteiger partial charge in [0.25, 0.3) is 0 Å². The van der Waals surface area contributed by atoms with Crippen LogP contribution in [0, 0.1) is 11.3 Å². The highest BCUT2D eigenvalue weighted by atomic mass is 79.9. The summed E-state index contributed by atoms with van der Waals surface area (Å²) in [6.07, 6.45) is 4.06. The number of nitrogens with zero attached hydrogens (tertiary/aromatic N) is 1. The number of hydrogen-bond donors (Lipinski definition) is 1. The molecule has 0 saturated carbocycles. The molecule has 0 radical (unpaired) electrons. The van der Waals surface area contributed by atoms with E-state index in [0.29, 0.717) is 5.56 Å². The van der Waals surface area contributed by atoms with E-state index >= 15 is 0 Å². The van der Waals surface area contributed by atoms with Gasteiger partial charge in [0.1, 0.15) is 0 Å². The summed E-state index contributed by atoms with van der Waals surface area (Å²) in [5.74, 6) is 0. The van der Waals surface area contributed by atoms with Crippen molar-refractivity contribution in [3.63, 3.8) is 0 Å². The lowest BCUT2D eigenvalue weighted by Crippen LogP contribution is -2.14. The lowest BCUT2D eigenvalue weighted by molar-refractivity contribution is 0.841. The molecule has 1 rings (SSSR count). The number of hydrogen-bond acceptors (Lipinski definition) is 2. The van der Waals surface area contributed by atoms with E-state index in [2.05, 4.69) is 33.9 Å². The Morgan fingerprint density at radius 1 is 1.44 bits per heavy atom. The minimum Gasteiger partial charge on any atom is -0.309 e. The molecule has 0 unspecified atom stereocenters. The van der Waals surface area contributed by atoms with E-state index in [1.807, 2.05) is 36.4 Å². The zero-order chi connectivity index (χ0) is 11.8. The molecule has 82 valence electrons. The zero-order valence-electron chi connectivity index (χ0n) is 8.91. The summed E-state index contributed by atoms with van der Waals surface area (Å²) in [4.78, 5) is 0. The van der Waals surface area contributed by atoms with Crippen LogP contribution in [0.2, 0.25) is 0 Å². The number of benzene rings is 1. The average Bonchev–Trinajstić information content (AvgIpc) is 2.29. The van der Waals surface area contributed by atoms with Crippen molar-refractivity contribution in [1.29, 1.82) is 5.26 Å². The van der Waals surface area contributed by atoms with E-state index < -0.39 is 0 Å². The van der Waals surface area contributed by atoms with Gasteiger partial charge in [-0.15, -0.1) is 0 Å². The molecule has 0 aliphatic carbocycles. The van der Waals surface area contributed by atoms with Crippen molar-refractivity contribution in [2.75, 3.05) is 13.1 Å². The quantitative estimate of drug-likeness (QED) is 0.839. The first kappa shape index (κ1) is 12.7. The minimum atomic E-state index is 0.686. The Hall–Kier alpha value is -1.37. The van der Waals surface area contributed by atoms with Crippen LogP contribution in [0.5, 0.6) is 0 Å². The van der Waals surface area contributed by atoms with Gasteiger partial charge in [-0.25, -0.2) is 0 Å². The van der Waals surface area contributed by atoms with Crippen molar-refractivity contribution < 1.29 is 0 Å².